The third-order valence-electron chi connectivity index (χ3n) is 5.32. The van der Waals surface area contributed by atoms with Gasteiger partial charge in [-0.25, -0.2) is 4.39 Å². The van der Waals surface area contributed by atoms with Crippen molar-refractivity contribution in [2.75, 3.05) is 44.2 Å². The summed E-state index contributed by atoms with van der Waals surface area (Å²) in [5.41, 5.74) is 0.677. The minimum Gasteiger partial charge on any atom is -0.389 e. The molecule has 2 fully saturated rings. The number of benzene rings is 1. The van der Waals surface area contributed by atoms with Crippen LogP contribution in [-0.2, 0) is 4.74 Å². The third-order valence-corrected chi connectivity index (χ3v) is 5.32. The normalized spacial score (nSPS) is 26.7. The molecular weight excluding hydrogens is 307 g/mol. The van der Waals surface area contributed by atoms with Crippen LogP contribution in [0.5, 0.6) is 0 Å². The zero-order valence-electron chi connectivity index (χ0n) is 14.5. The fraction of sp³-hybridized carbons (Fsp3) is 0.684. The molecule has 134 valence electrons. The van der Waals surface area contributed by atoms with E-state index in [2.05, 4.69) is 16.7 Å². The van der Waals surface area contributed by atoms with Crippen LogP contribution in [0.4, 0.5) is 10.1 Å². The van der Waals surface area contributed by atoms with Crippen molar-refractivity contribution in [3.63, 3.8) is 0 Å². The molecule has 1 heterocycles. The van der Waals surface area contributed by atoms with Crippen LogP contribution in [0.1, 0.15) is 26.2 Å². The van der Waals surface area contributed by atoms with Gasteiger partial charge in [-0.1, -0.05) is 25.5 Å². The fourth-order valence-corrected chi connectivity index (χ4v) is 3.82. The molecule has 0 unspecified atom stereocenters. The zero-order chi connectivity index (χ0) is 16.9. The molecule has 4 nitrogen and oxygen atoms in total. The molecular formula is C19H29FN2O2. The number of ether oxygens (including phenoxy) is 1. The summed E-state index contributed by atoms with van der Waals surface area (Å²) >= 11 is 0. The maximum absolute atomic E-state index is 13.8. The number of β-amino-alcohol motifs (C(OH)–C–C–N with tert-alkyl or cyclic N) is 1. The van der Waals surface area contributed by atoms with Crippen molar-refractivity contribution in [2.24, 2.45) is 5.92 Å². The first kappa shape index (κ1) is 17.6. The van der Waals surface area contributed by atoms with Crippen molar-refractivity contribution >= 4 is 5.69 Å². The minimum absolute atomic E-state index is 0.162. The summed E-state index contributed by atoms with van der Waals surface area (Å²) in [6, 6.07) is 6.93. The number of piperazine rings is 1. The van der Waals surface area contributed by atoms with Gasteiger partial charge < -0.3 is 14.7 Å². The van der Waals surface area contributed by atoms with Crippen LogP contribution >= 0.6 is 0 Å². The Hall–Kier alpha value is -1.17. The lowest BCUT2D eigenvalue weighted by molar-refractivity contribution is -0.0321. The molecule has 0 amide bonds. The fourth-order valence-electron chi connectivity index (χ4n) is 3.82. The second-order valence-electron chi connectivity index (χ2n) is 7.17. The highest BCUT2D eigenvalue weighted by Gasteiger charge is 2.26. The van der Waals surface area contributed by atoms with Gasteiger partial charge in [0.25, 0.3) is 0 Å². The summed E-state index contributed by atoms with van der Waals surface area (Å²) in [6.07, 6.45) is 3.46. The highest BCUT2D eigenvalue weighted by Crippen LogP contribution is 2.27. The van der Waals surface area contributed by atoms with Crippen LogP contribution in [0.25, 0.3) is 0 Å². The molecule has 1 N–H and O–H groups in total. The number of anilines is 1. The summed E-state index contributed by atoms with van der Waals surface area (Å²) in [7, 11) is 0. The van der Waals surface area contributed by atoms with Gasteiger partial charge >= 0.3 is 0 Å². The highest BCUT2D eigenvalue weighted by atomic mass is 19.1. The average Bonchev–Trinajstić information content (AvgIpc) is 2.99. The van der Waals surface area contributed by atoms with Gasteiger partial charge in [-0.3, -0.25) is 4.90 Å². The van der Waals surface area contributed by atoms with Crippen molar-refractivity contribution < 1.29 is 14.2 Å². The van der Waals surface area contributed by atoms with Gasteiger partial charge in [0.15, 0.2) is 0 Å². The van der Waals surface area contributed by atoms with Crippen molar-refractivity contribution in [1.29, 1.82) is 0 Å². The average molecular weight is 336 g/mol. The van der Waals surface area contributed by atoms with Gasteiger partial charge in [0.2, 0.25) is 0 Å². The Kier molecular flexibility index (Phi) is 6.09. The number of halogens is 1. The first-order valence-corrected chi connectivity index (χ1v) is 9.15. The van der Waals surface area contributed by atoms with Crippen LogP contribution in [0, 0.1) is 11.7 Å². The molecule has 0 bridgehead atoms. The largest absolute Gasteiger partial charge is 0.389 e. The molecule has 0 radical (unpaired) electrons. The van der Waals surface area contributed by atoms with E-state index in [1.165, 1.54) is 18.9 Å². The molecule has 1 aliphatic carbocycles. The smallest absolute Gasteiger partial charge is 0.146 e. The summed E-state index contributed by atoms with van der Waals surface area (Å²) in [4.78, 5) is 4.32. The van der Waals surface area contributed by atoms with Crippen LogP contribution < -0.4 is 4.90 Å². The molecule has 0 spiro atoms. The van der Waals surface area contributed by atoms with E-state index in [4.69, 9.17) is 4.74 Å². The Labute approximate surface area is 144 Å². The Balaban J connectivity index is 1.39. The molecule has 0 aromatic heterocycles. The SMILES string of the molecule is C[C@H]1CCC[C@@H]1OC[C@H](O)CN1CCN(c2ccccc2F)CC1. The van der Waals surface area contributed by atoms with Gasteiger partial charge in [-0.15, -0.1) is 0 Å². The van der Waals surface area contributed by atoms with Crippen LogP contribution in [0.2, 0.25) is 0 Å². The van der Waals surface area contributed by atoms with E-state index < -0.39 is 6.10 Å². The second kappa shape index (κ2) is 8.28. The summed E-state index contributed by atoms with van der Waals surface area (Å²) in [5, 5.41) is 10.2. The van der Waals surface area contributed by atoms with E-state index in [1.54, 1.807) is 6.07 Å². The Bertz CT molecular complexity index is 520. The molecule has 3 atom stereocenters. The summed E-state index contributed by atoms with van der Waals surface area (Å²) in [5.74, 6) is 0.451. The molecule has 1 aromatic rings. The number of aliphatic hydroxyl groups is 1. The topological polar surface area (TPSA) is 35.9 Å². The van der Waals surface area contributed by atoms with E-state index in [0.717, 1.165) is 32.6 Å². The van der Waals surface area contributed by atoms with Gasteiger partial charge in [0.05, 0.1) is 24.5 Å². The second-order valence-corrected chi connectivity index (χ2v) is 7.17. The van der Waals surface area contributed by atoms with E-state index in [-0.39, 0.29) is 5.82 Å². The van der Waals surface area contributed by atoms with E-state index in [9.17, 15) is 9.50 Å². The maximum Gasteiger partial charge on any atom is 0.146 e. The number of rotatable bonds is 6. The van der Waals surface area contributed by atoms with Crippen molar-refractivity contribution in [1.82, 2.24) is 4.90 Å². The Morgan fingerprint density at radius 1 is 1.21 bits per heavy atom. The van der Waals surface area contributed by atoms with E-state index >= 15 is 0 Å². The third kappa shape index (κ3) is 4.47. The molecule has 1 aromatic carbocycles. The molecule has 1 aliphatic heterocycles. The number of hydrogen-bond acceptors (Lipinski definition) is 4. The standard InChI is InChI=1S/C19H29FN2O2/c1-15-5-4-8-19(15)24-14-16(23)13-21-9-11-22(12-10-21)18-7-3-2-6-17(18)20/h2-3,6-7,15-16,19,23H,4-5,8-14H2,1H3/t15-,16+,19-/m0/s1. The number of aliphatic hydroxyl groups excluding tert-OH is 1. The minimum atomic E-state index is -0.446. The lowest BCUT2D eigenvalue weighted by Crippen LogP contribution is -2.49. The van der Waals surface area contributed by atoms with E-state index in [0.29, 0.717) is 30.9 Å². The molecule has 24 heavy (non-hydrogen) atoms. The van der Waals surface area contributed by atoms with Gasteiger partial charge in [-0.05, 0) is 30.9 Å². The van der Waals surface area contributed by atoms with Crippen molar-refractivity contribution in [2.45, 2.75) is 38.4 Å². The van der Waals surface area contributed by atoms with Crippen molar-refractivity contribution in [3.8, 4) is 0 Å². The monoisotopic (exact) mass is 336 g/mol. The zero-order valence-corrected chi connectivity index (χ0v) is 14.5. The predicted octanol–water partition coefficient (Wildman–Crippen LogP) is 2.51. The molecule has 1 saturated carbocycles. The van der Waals surface area contributed by atoms with Crippen LogP contribution in [0.15, 0.2) is 24.3 Å². The van der Waals surface area contributed by atoms with Crippen LogP contribution in [-0.4, -0.2) is 61.5 Å². The van der Waals surface area contributed by atoms with Gasteiger partial charge in [-0.2, -0.15) is 0 Å². The lowest BCUT2D eigenvalue weighted by atomic mass is 10.1. The first-order valence-electron chi connectivity index (χ1n) is 9.15. The summed E-state index contributed by atoms with van der Waals surface area (Å²) in [6.45, 7) is 6.53. The quantitative estimate of drug-likeness (QED) is 0.866. The predicted molar refractivity (Wildman–Crippen MR) is 93.8 cm³/mol. The number of hydrogen-bond donors (Lipinski definition) is 1. The maximum atomic E-state index is 13.8. The van der Waals surface area contributed by atoms with Crippen LogP contribution in [0.3, 0.4) is 0 Å². The summed E-state index contributed by atoms with van der Waals surface area (Å²) < 4.78 is 19.7. The number of para-hydroxylation sites is 1. The molecule has 5 heteroatoms. The van der Waals surface area contributed by atoms with E-state index in [1.807, 2.05) is 12.1 Å². The van der Waals surface area contributed by atoms with Crippen molar-refractivity contribution in [3.05, 3.63) is 30.1 Å². The Morgan fingerprint density at radius 3 is 2.62 bits per heavy atom. The number of nitrogens with zero attached hydrogens (tertiary/aromatic N) is 2. The molecule has 3 rings (SSSR count). The Morgan fingerprint density at radius 2 is 1.96 bits per heavy atom. The van der Waals surface area contributed by atoms with Gasteiger partial charge in [0, 0.05) is 32.7 Å². The lowest BCUT2D eigenvalue weighted by Gasteiger charge is -2.37. The molecule has 1 saturated heterocycles. The molecule has 2 aliphatic rings. The first-order chi connectivity index (χ1) is 11.6. The highest BCUT2D eigenvalue weighted by molar-refractivity contribution is 5.47. The van der Waals surface area contributed by atoms with Gasteiger partial charge in [0.1, 0.15) is 5.82 Å².